The van der Waals surface area contributed by atoms with Gasteiger partial charge in [-0.1, -0.05) is 0 Å². The van der Waals surface area contributed by atoms with Crippen LogP contribution < -0.4 is 11.1 Å². The standard InChI is InChI=1S/C13H13N3O3S2/c1-19-13(18)12-9(4-5-20-12)16-11(17)7-21-8-2-3-10(14)15-6-8/h2-6H,7H2,1H3,(H2,14,15)(H,16,17). The third-order valence-corrected chi connectivity index (χ3v) is 4.32. The van der Waals surface area contributed by atoms with Gasteiger partial charge in [0, 0.05) is 11.1 Å². The molecule has 0 aliphatic heterocycles. The number of nitrogens with two attached hydrogens (primary N) is 1. The number of methoxy groups -OCH3 is 1. The molecule has 1 amide bonds. The van der Waals surface area contributed by atoms with Gasteiger partial charge in [0.1, 0.15) is 10.7 Å². The Morgan fingerprint density at radius 2 is 2.24 bits per heavy atom. The fraction of sp³-hybridized carbons (Fsp3) is 0.154. The van der Waals surface area contributed by atoms with Gasteiger partial charge in [-0.2, -0.15) is 0 Å². The van der Waals surface area contributed by atoms with Crippen molar-refractivity contribution in [1.82, 2.24) is 4.98 Å². The molecule has 2 heterocycles. The highest BCUT2D eigenvalue weighted by molar-refractivity contribution is 8.00. The average Bonchev–Trinajstić information content (AvgIpc) is 2.94. The van der Waals surface area contributed by atoms with Crippen molar-refractivity contribution in [2.24, 2.45) is 0 Å². The van der Waals surface area contributed by atoms with Gasteiger partial charge in [0.05, 0.1) is 18.6 Å². The molecular weight excluding hydrogens is 310 g/mol. The molecule has 0 spiro atoms. The van der Waals surface area contributed by atoms with E-state index in [1.165, 1.54) is 30.2 Å². The predicted octanol–water partition coefficient (Wildman–Crippen LogP) is 2.24. The third-order valence-electron chi connectivity index (χ3n) is 2.44. The second-order valence-corrected chi connectivity index (χ2v) is 5.88. The summed E-state index contributed by atoms with van der Waals surface area (Å²) in [5.74, 6) is -0.0249. The van der Waals surface area contributed by atoms with E-state index in [9.17, 15) is 9.59 Å². The number of nitrogen functional groups attached to an aromatic ring is 1. The second-order valence-electron chi connectivity index (χ2n) is 3.91. The Bertz CT molecular complexity index is 640. The Morgan fingerprint density at radius 3 is 2.90 bits per heavy atom. The lowest BCUT2D eigenvalue weighted by molar-refractivity contribution is -0.113. The fourth-order valence-electron chi connectivity index (χ4n) is 1.47. The number of hydrogen-bond donors (Lipinski definition) is 2. The van der Waals surface area contributed by atoms with Gasteiger partial charge < -0.3 is 15.8 Å². The maximum atomic E-state index is 11.9. The summed E-state index contributed by atoms with van der Waals surface area (Å²) in [5.41, 5.74) is 5.95. The zero-order valence-electron chi connectivity index (χ0n) is 11.2. The molecule has 6 nitrogen and oxygen atoms in total. The van der Waals surface area contributed by atoms with E-state index >= 15 is 0 Å². The molecule has 3 N–H and O–H groups in total. The number of carbonyl (C=O) groups excluding carboxylic acids is 2. The largest absolute Gasteiger partial charge is 0.465 e. The van der Waals surface area contributed by atoms with Crippen LogP contribution in [0.4, 0.5) is 11.5 Å². The first-order valence-electron chi connectivity index (χ1n) is 5.90. The molecule has 8 heteroatoms. The highest BCUT2D eigenvalue weighted by Gasteiger charge is 2.15. The minimum atomic E-state index is -0.462. The number of esters is 1. The summed E-state index contributed by atoms with van der Waals surface area (Å²) >= 11 is 2.56. The molecule has 0 saturated carbocycles. The molecule has 0 aromatic carbocycles. The van der Waals surface area contributed by atoms with Crippen LogP contribution in [0.2, 0.25) is 0 Å². The van der Waals surface area contributed by atoms with Crippen molar-refractivity contribution >= 4 is 46.5 Å². The highest BCUT2D eigenvalue weighted by Crippen LogP contribution is 2.24. The lowest BCUT2D eigenvalue weighted by Gasteiger charge is -2.05. The molecular formula is C13H13N3O3S2. The first kappa shape index (κ1) is 15.3. The summed E-state index contributed by atoms with van der Waals surface area (Å²) in [5, 5.41) is 4.41. The van der Waals surface area contributed by atoms with Crippen molar-refractivity contribution in [3.05, 3.63) is 34.7 Å². The summed E-state index contributed by atoms with van der Waals surface area (Å²) in [4.78, 5) is 28.6. The highest BCUT2D eigenvalue weighted by atomic mass is 32.2. The Hall–Kier alpha value is -2.06. The van der Waals surface area contributed by atoms with E-state index in [0.29, 0.717) is 16.4 Å². The van der Waals surface area contributed by atoms with Gasteiger partial charge in [-0.05, 0) is 23.6 Å². The molecule has 21 heavy (non-hydrogen) atoms. The van der Waals surface area contributed by atoms with E-state index in [1.807, 2.05) is 0 Å². The first-order chi connectivity index (χ1) is 10.1. The zero-order valence-corrected chi connectivity index (χ0v) is 12.8. The zero-order chi connectivity index (χ0) is 15.2. The number of thioether (sulfide) groups is 1. The van der Waals surface area contributed by atoms with Crippen molar-refractivity contribution in [2.45, 2.75) is 4.90 Å². The number of aromatic nitrogens is 1. The van der Waals surface area contributed by atoms with Gasteiger partial charge in [0.25, 0.3) is 0 Å². The van der Waals surface area contributed by atoms with E-state index in [4.69, 9.17) is 5.73 Å². The molecule has 110 valence electrons. The number of carbonyl (C=O) groups is 2. The average molecular weight is 323 g/mol. The summed E-state index contributed by atoms with van der Waals surface area (Å²) in [6, 6.07) is 5.14. The topological polar surface area (TPSA) is 94.3 Å². The van der Waals surface area contributed by atoms with Crippen molar-refractivity contribution in [3.8, 4) is 0 Å². The smallest absolute Gasteiger partial charge is 0.350 e. The molecule has 2 aromatic heterocycles. The number of anilines is 2. The Kier molecular flexibility index (Phi) is 5.18. The van der Waals surface area contributed by atoms with Gasteiger partial charge in [0.15, 0.2) is 0 Å². The number of nitrogens with zero attached hydrogens (tertiary/aromatic N) is 1. The summed E-state index contributed by atoms with van der Waals surface area (Å²) in [7, 11) is 1.30. The van der Waals surface area contributed by atoms with Crippen LogP contribution in [0.25, 0.3) is 0 Å². The molecule has 0 atom stereocenters. The van der Waals surface area contributed by atoms with Gasteiger partial charge in [0.2, 0.25) is 5.91 Å². The quantitative estimate of drug-likeness (QED) is 0.647. The Morgan fingerprint density at radius 1 is 1.43 bits per heavy atom. The van der Waals surface area contributed by atoms with E-state index < -0.39 is 5.97 Å². The monoisotopic (exact) mass is 323 g/mol. The van der Waals surface area contributed by atoms with Crippen molar-refractivity contribution in [1.29, 1.82) is 0 Å². The van der Waals surface area contributed by atoms with Crippen LogP contribution in [0.5, 0.6) is 0 Å². The number of pyridine rings is 1. The third kappa shape index (κ3) is 4.20. The first-order valence-corrected chi connectivity index (χ1v) is 7.76. The van der Waals surface area contributed by atoms with Crippen LogP contribution in [-0.4, -0.2) is 29.7 Å². The number of nitrogens with one attached hydrogen (secondary N) is 1. The van der Waals surface area contributed by atoms with Gasteiger partial charge in [-0.25, -0.2) is 9.78 Å². The van der Waals surface area contributed by atoms with E-state index in [-0.39, 0.29) is 11.7 Å². The molecule has 0 aliphatic carbocycles. The van der Waals surface area contributed by atoms with Gasteiger partial charge in [-0.15, -0.1) is 23.1 Å². The van der Waals surface area contributed by atoms with Gasteiger partial charge >= 0.3 is 5.97 Å². The van der Waals surface area contributed by atoms with Crippen molar-refractivity contribution in [2.75, 3.05) is 23.9 Å². The minimum absolute atomic E-state index is 0.208. The lowest BCUT2D eigenvalue weighted by atomic mass is 10.4. The Labute approximate surface area is 129 Å². The molecule has 2 aromatic rings. The SMILES string of the molecule is COC(=O)c1sccc1NC(=O)CSc1ccc(N)nc1. The predicted molar refractivity (Wildman–Crippen MR) is 83.7 cm³/mol. The maximum Gasteiger partial charge on any atom is 0.350 e. The van der Waals surface area contributed by atoms with Crippen LogP contribution in [-0.2, 0) is 9.53 Å². The summed E-state index contributed by atoms with van der Waals surface area (Å²) < 4.78 is 4.65. The number of thiophene rings is 1. The van der Waals surface area contributed by atoms with Gasteiger partial charge in [-0.3, -0.25) is 4.79 Å². The minimum Gasteiger partial charge on any atom is -0.465 e. The number of ether oxygens (including phenoxy) is 1. The van der Waals surface area contributed by atoms with Crippen LogP contribution in [0.15, 0.2) is 34.7 Å². The summed E-state index contributed by atoms with van der Waals surface area (Å²) in [6.45, 7) is 0. The van der Waals surface area contributed by atoms with Crippen LogP contribution in [0, 0.1) is 0 Å². The van der Waals surface area contributed by atoms with Crippen molar-refractivity contribution in [3.63, 3.8) is 0 Å². The maximum absolute atomic E-state index is 11.9. The number of amides is 1. The molecule has 0 fully saturated rings. The molecule has 0 saturated heterocycles. The lowest BCUT2D eigenvalue weighted by Crippen LogP contribution is -2.15. The van der Waals surface area contributed by atoms with E-state index in [1.54, 1.807) is 29.8 Å². The van der Waals surface area contributed by atoms with E-state index in [0.717, 1.165) is 4.90 Å². The van der Waals surface area contributed by atoms with Crippen molar-refractivity contribution < 1.29 is 14.3 Å². The Balaban J connectivity index is 1.92. The van der Waals surface area contributed by atoms with Crippen LogP contribution >= 0.6 is 23.1 Å². The number of hydrogen-bond acceptors (Lipinski definition) is 7. The number of rotatable bonds is 5. The molecule has 0 aliphatic rings. The molecule has 0 unspecified atom stereocenters. The molecule has 0 bridgehead atoms. The fourth-order valence-corrected chi connectivity index (χ4v) is 2.90. The van der Waals surface area contributed by atoms with Crippen LogP contribution in [0.1, 0.15) is 9.67 Å². The van der Waals surface area contributed by atoms with E-state index in [2.05, 4.69) is 15.0 Å². The summed E-state index contributed by atoms with van der Waals surface area (Å²) in [6.07, 6.45) is 1.61. The van der Waals surface area contributed by atoms with Crippen LogP contribution in [0.3, 0.4) is 0 Å². The molecule has 2 rings (SSSR count). The normalized spacial score (nSPS) is 10.1. The second kappa shape index (κ2) is 7.09. The molecule has 0 radical (unpaired) electrons.